The second-order valence-electron chi connectivity index (χ2n) is 21.9. The fourth-order valence-electron chi connectivity index (χ4n) is 10.8. The van der Waals surface area contributed by atoms with Crippen molar-refractivity contribution in [3.63, 3.8) is 0 Å². The van der Waals surface area contributed by atoms with Gasteiger partial charge in [0.05, 0.1) is 64.9 Å². The van der Waals surface area contributed by atoms with Crippen molar-refractivity contribution in [3.8, 4) is 0 Å². The van der Waals surface area contributed by atoms with Gasteiger partial charge in [0.25, 0.3) is 0 Å². The van der Waals surface area contributed by atoms with Gasteiger partial charge in [0.1, 0.15) is 17.3 Å². The Morgan fingerprint density at radius 1 is 0.784 bits per heavy atom. The summed E-state index contributed by atoms with van der Waals surface area (Å²) in [5.41, 5.74) is -3.42. The molecule has 3 fully saturated rings. The minimum absolute atomic E-state index is 0.0506. The Morgan fingerprint density at radius 2 is 1.34 bits per heavy atom. The molecule has 0 saturated carbocycles. The van der Waals surface area contributed by atoms with Crippen LogP contribution in [0.5, 0.6) is 0 Å². The van der Waals surface area contributed by atoms with Crippen molar-refractivity contribution in [1.29, 1.82) is 0 Å². The Hall–Kier alpha value is -4.08. The predicted molar refractivity (Wildman–Crippen MR) is 275 cm³/mol. The fraction of sp³-hybridized carbons (Fsp3) is 0.714. The third-order valence-corrected chi connectivity index (χ3v) is 15.6. The van der Waals surface area contributed by atoms with Crippen molar-refractivity contribution in [3.05, 3.63) is 71.8 Å². The van der Waals surface area contributed by atoms with Crippen LogP contribution >= 0.6 is 0 Å². The number of hydrogen-bond acceptors (Lipinski definition) is 18. The molecule has 0 spiro atoms. The smallest absolute Gasteiger partial charge is 0.338 e. The summed E-state index contributed by atoms with van der Waals surface area (Å²) in [5, 5.41) is 29.1. The van der Waals surface area contributed by atoms with Crippen LogP contribution < -0.4 is 0 Å². The van der Waals surface area contributed by atoms with E-state index in [1.54, 1.807) is 103 Å². The van der Waals surface area contributed by atoms with Crippen LogP contribution in [0, 0.1) is 23.7 Å². The molecule has 0 aromatic heterocycles. The zero-order valence-corrected chi connectivity index (χ0v) is 46.8. The second-order valence-corrected chi connectivity index (χ2v) is 21.9. The Balaban J connectivity index is 1.69. The van der Waals surface area contributed by atoms with Gasteiger partial charge in [-0.3, -0.25) is 4.79 Å². The van der Waals surface area contributed by atoms with Gasteiger partial charge in [-0.2, -0.15) is 0 Å². The molecule has 416 valence electrons. The molecule has 18 heteroatoms. The minimum atomic E-state index is -2.00. The van der Waals surface area contributed by atoms with E-state index in [4.69, 9.17) is 52.2 Å². The van der Waals surface area contributed by atoms with Gasteiger partial charge < -0.3 is 67.3 Å². The first kappa shape index (κ1) is 60.8. The maximum Gasteiger partial charge on any atom is 0.338 e. The summed E-state index contributed by atoms with van der Waals surface area (Å²) in [6, 6.07) is 16.9. The SMILES string of the molecule is CC[C@H]1OC(=O)[C@H](C)[C@@H](O[C@H]2C[C@@](C)(OC)[C@@H](OC(=O)c3ccccc3)[C@H](C)O2)[C@H](C)[C@@H](O[C@@H]2O[C@H](C)C[C@H](N(C)C)[C@H]2OC(=O)c2ccccc2)[C@@](C)(OC)C[C@@H](C)/C(=N\OC(C)(C)OC)[C@H](C)[C@@H](O)[C@]1(C)O. The van der Waals surface area contributed by atoms with E-state index in [0.717, 1.165) is 0 Å². The highest BCUT2D eigenvalue weighted by Crippen LogP contribution is 2.43. The Morgan fingerprint density at radius 3 is 1.86 bits per heavy atom. The van der Waals surface area contributed by atoms with E-state index < -0.39 is 119 Å². The number of rotatable bonds is 15. The molecule has 0 bridgehead atoms. The number of ether oxygens (including phenoxy) is 10. The molecule has 18 atom stereocenters. The highest BCUT2D eigenvalue weighted by Gasteiger charge is 2.55. The molecule has 0 aliphatic carbocycles. The summed E-state index contributed by atoms with van der Waals surface area (Å²) in [6.07, 6.45) is -9.33. The Labute approximate surface area is 438 Å². The quantitative estimate of drug-likeness (QED) is 0.0773. The van der Waals surface area contributed by atoms with Crippen molar-refractivity contribution < 1.29 is 76.8 Å². The van der Waals surface area contributed by atoms with Crippen LogP contribution in [0.15, 0.2) is 65.8 Å². The van der Waals surface area contributed by atoms with Gasteiger partial charge in [-0.15, -0.1) is 0 Å². The largest absolute Gasteiger partial charge is 0.459 e. The number of nitrogens with zero attached hydrogens (tertiary/aromatic N) is 2. The molecule has 0 radical (unpaired) electrons. The van der Waals surface area contributed by atoms with E-state index in [1.807, 2.05) is 59.7 Å². The zero-order valence-electron chi connectivity index (χ0n) is 46.8. The van der Waals surface area contributed by atoms with E-state index >= 15 is 0 Å². The molecule has 2 aromatic rings. The third-order valence-electron chi connectivity index (χ3n) is 15.6. The first-order valence-electron chi connectivity index (χ1n) is 26.0. The van der Waals surface area contributed by atoms with Gasteiger partial charge in [0, 0.05) is 59.4 Å². The molecule has 2 N–H and O–H groups in total. The molecule has 0 amide bonds. The lowest BCUT2D eigenvalue weighted by molar-refractivity contribution is -0.318. The van der Waals surface area contributed by atoms with Crippen molar-refractivity contribution in [1.82, 2.24) is 4.90 Å². The van der Waals surface area contributed by atoms with Gasteiger partial charge in [-0.05, 0) is 99.2 Å². The predicted octanol–water partition coefficient (Wildman–Crippen LogP) is 7.36. The summed E-state index contributed by atoms with van der Waals surface area (Å²) in [7, 11) is 8.37. The van der Waals surface area contributed by atoms with E-state index in [1.165, 1.54) is 21.1 Å². The average Bonchev–Trinajstić information content (AvgIpc) is 3.37. The number of benzene rings is 2. The van der Waals surface area contributed by atoms with E-state index in [-0.39, 0.29) is 31.4 Å². The van der Waals surface area contributed by atoms with Crippen LogP contribution in [0.4, 0.5) is 0 Å². The number of esters is 3. The van der Waals surface area contributed by atoms with E-state index in [0.29, 0.717) is 23.3 Å². The topological polar surface area (TPSA) is 209 Å². The monoisotopic (exact) mass is 1040 g/mol. The van der Waals surface area contributed by atoms with Gasteiger partial charge in [0.2, 0.25) is 5.79 Å². The van der Waals surface area contributed by atoms with E-state index in [9.17, 15) is 24.6 Å². The molecule has 2 aromatic carbocycles. The van der Waals surface area contributed by atoms with Crippen LogP contribution in [0.25, 0.3) is 0 Å². The molecule has 3 aliphatic heterocycles. The second kappa shape index (κ2) is 25.4. The highest BCUT2D eigenvalue weighted by atomic mass is 16.8. The number of oxime groups is 1. The van der Waals surface area contributed by atoms with Crippen molar-refractivity contribution >= 4 is 23.6 Å². The van der Waals surface area contributed by atoms with Gasteiger partial charge >= 0.3 is 17.9 Å². The van der Waals surface area contributed by atoms with E-state index in [2.05, 4.69) is 5.16 Å². The zero-order chi connectivity index (χ0) is 55.1. The molecular formula is C56H86N2O16. The number of cyclic esters (lactones) is 1. The lowest BCUT2D eigenvalue weighted by atomic mass is 9.73. The van der Waals surface area contributed by atoms with Crippen LogP contribution in [-0.2, 0) is 57.0 Å². The molecule has 18 nitrogen and oxygen atoms in total. The number of aliphatic hydroxyl groups is 2. The van der Waals surface area contributed by atoms with Crippen molar-refractivity contribution in [2.45, 2.75) is 199 Å². The number of hydrogen-bond donors (Lipinski definition) is 2. The lowest BCUT2D eigenvalue weighted by Crippen LogP contribution is -2.62. The molecule has 3 aliphatic rings. The molecule has 5 rings (SSSR count). The molecular weight excluding hydrogens is 957 g/mol. The maximum atomic E-state index is 14.9. The van der Waals surface area contributed by atoms with Crippen LogP contribution in [0.1, 0.15) is 129 Å². The number of carbonyl (C=O) groups is 3. The first-order chi connectivity index (χ1) is 34.7. The van der Waals surface area contributed by atoms with Crippen LogP contribution in [0.3, 0.4) is 0 Å². The normalized spacial score (nSPS) is 38.4. The van der Waals surface area contributed by atoms with Gasteiger partial charge in [0.15, 0.2) is 24.8 Å². The number of methoxy groups -OCH3 is 3. The van der Waals surface area contributed by atoms with Crippen LogP contribution in [0.2, 0.25) is 0 Å². The number of carbonyl (C=O) groups excluding carboxylic acids is 3. The van der Waals surface area contributed by atoms with Crippen LogP contribution in [-0.4, -0.2) is 164 Å². The first-order valence-corrected chi connectivity index (χ1v) is 26.0. The summed E-state index contributed by atoms with van der Waals surface area (Å²) in [6.45, 7) is 21.1. The van der Waals surface area contributed by atoms with Crippen molar-refractivity contribution in [2.75, 3.05) is 35.4 Å². The molecule has 3 heterocycles. The average molecular weight is 1040 g/mol. The number of aliphatic hydroxyl groups excluding tert-OH is 1. The Kier molecular flexibility index (Phi) is 20.8. The lowest BCUT2D eigenvalue weighted by Gasteiger charge is -2.50. The minimum Gasteiger partial charge on any atom is -0.459 e. The summed E-state index contributed by atoms with van der Waals surface area (Å²) in [5.74, 6) is -6.42. The summed E-state index contributed by atoms with van der Waals surface area (Å²) >= 11 is 0. The third kappa shape index (κ3) is 14.1. The maximum absolute atomic E-state index is 14.9. The van der Waals surface area contributed by atoms with Gasteiger partial charge in [-0.1, -0.05) is 69.2 Å². The molecule has 74 heavy (non-hydrogen) atoms. The summed E-state index contributed by atoms with van der Waals surface area (Å²) in [4.78, 5) is 50.3. The number of likely N-dealkylation sites (N-methyl/N-ethyl adjacent to an activating group) is 1. The standard InChI is InChI=1S/C56H86N2O16/c1-18-41-56(12,63)46(59)34(4)43(57-74-53(8,9)64-15)32(2)30-54(10,65-16)47(73-52-45(40(58(13)14)29-33(3)67-52)71-50(61)38-25-21-19-22-26-38)35(5)44(36(6)49(60)69-41)70-42-31-55(11,66-17)48(37(7)68-42)72-51(62)39-27-23-20-24-28-39/h19-28,32-37,40-42,44-48,52,59,63H,18,29-31H2,1-17H3/b57-43+/t32-,33-,34+,35+,36-,37+,40+,41-,42+,44+,45-,46-,47-,48+,52+,54+,55-,56-/m1/s1. The summed E-state index contributed by atoms with van der Waals surface area (Å²) < 4.78 is 64.8. The Bertz CT molecular complexity index is 2160. The highest BCUT2D eigenvalue weighted by molar-refractivity contribution is 5.90. The van der Waals surface area contributed by atoms with Crippen molar-refractivity contribution in [2.24, 2.45) is 28.8 Å². The molecule has 0 unspecified atom stereocenters. The fourth-order valence-corrected chi connectivity index (χ4v) is 10.8. The molecule has 3 saturated heterocycles. The van der Waals surface area contributed by atoms with Gasteiger partial charge in [-0.25, -0.2) is 9.59 Å².